The molecule has 0 aliphatic carbocycles. The highest BCUT2D eigenvalue weighted by Crippen LogP contribution is 2.11. The fraction of sp³-hybridized carbons (Fsp3) is 0.286. The van der Waals surface area contributed by atoms with Crippen molar-refractivity contribution in [3.8, 4) is 6.07 Å². The molecule has 1 aromatic carbocycles. The van der Waals surface area contributed by atoms with E-state index in [0.717, 1.165) is 9.26 Å². The Balaban J connectivity index is 2.64. The fourth-order valence-corrected chi connectivity index (χ4v) is 1.60. The van der Waals surface area contributed by atoms with Crippen molar-refractivity contribution in [3.63, 3.8) is 0 Å². The SMILES string of the molecule is CC(C)CNC(=O)/C(C#N)=C\Nc1ccc(I)cc1. The van der Waals surface area contributed by atoms with Crippen molar-refractivity contribution in [2.75, 3.05) is 11.9 Å². The van der Waals surface area contributed by atoms with Crippen molar-refractivity contribution in [3.05, 3.63) is 39.6 Å². The molecule has 0 fully saturated rings. The summed E-state index contributed by atoms with van der Waals surface area (Å²) in [5.74, 6) is 0.00209. The van der Waals surface area contributed by atoms with Gasteiger partial charge in [-0.15, -0.1) is 0 Å². The van der Waals surface area contributed by atoms with Gasteiger partial charge in [-0.25, -0.2) is 0 Å². The molecule has 0 unspecified atom stereocenters. The Morgan fingerprint density at radius 2 is 2.05 bits per heavy atom. The standard InChI is InChI=1S/C14H16IN3O/c1-10(2)8-18-14(19)11(7-16)9-17-13-5-3-12(15)4-6-13/h3-6,9-10,17H,8H2,1-2H3,(H,18,19)/b11-9-. The first-order valence-corrected chi connectivity index (χ1v) is 7.01. The van der Waals surface area contributed by atoms with Crippen LogP contribution in [0.4, 0.5) is 5.69 Å². The third-order valence-corrected chi connectivity index (χ3v) is 2.98. The van der Waals surface area contributed by atoms with Crippen LogP contribution in [0.2, 0.25) is 0 Å². The van der Waals surface area contributed by atoms with Crippen molar-refractivity contribution in [2.45, 2.75) is 13.8 Å². The van der Waals surface area contributed by atoms with Crippen LogP contribution >= 0.6 is 22.6 Å². The number of nitrogens with one attached hydrogen (secondary N) is 2. The molecule has 0 saturated heterocycles. The summed E-state index contributed by atoms with van der Waals surface area (Å²) in [5.41, 5.74) is 0.907. The zero-order valence-corrected chi connectivity index (χ0v) is 13.1. The largest absolute Gasteiger partial charge is 0.360 e. The first kappa shape index (κ1) is 15.5. The summed E-state index contributed by atoms with van der Waals surface area (Å²) in [6, 6.07) is 9.56. The van der Waals surface area contributed by atoms with Crippen molar-refractivity contribution in [1.29, 1.82) is 5.26 Å². The van der Waals surface area contributed by atoms with Crippen LogP contribution in [-0.4, -0.2) is 12.5 Å². The highest BCUT2D eigenvalue weighted by molar-refractivity contribution is 14.1. The second-order valence-corrected chi connectivity index (χ2v) is 5.67. The summed E-state index contributed by atoms with van der Waals surface area (Å²) in [6.45, 7) is 4.56. The normalized spacial score (nSPS) is 11.0. The second kappa shape index (κ2) is 7.79. The van der Waals surface area contributed by atoms with Gasteiger partial charge >= 0.3 is 0 Å². The average Bonchev–Trinajstić information content (AvgIpc) is 2.39. The molecule has 4 nitrogen and oxygen atoms in total. The monoisotopic (exact) mass is 369 g/mol. The van der Waals surface area contributed by atoms with Gasteiger partial charge in [-0.1, -0.05) is 13.8 Å². The predicted octanol–water partition coefficient (Wildman–Crippen LogP) is 2.88. The number of benzene rings is 1. The van der Waals surface area contributed by atoms with Crippen LogP contribution in [0.1, 0.15) is 13.8 Å². The van der Waals surface area contributed by atoms with Gasteiger partial charge in [0.25, 0.3) is 5.91 Å². The van der Waals surface area contributed by atoms with Gasteiger partial charge in [0.2, 0.25) is 0 Å². The molecule has 0 radical (unpaired) electrons. The number of carbonyl (C=O) groups excluding carboxylic acids is 1. The summed E-state index contributed by atoms with van der Waals surface area (Å²) >= 11 is 2.21. The van der Waals surface area contributed by atoms with Crippen LogP contribution in [0.5, 0.6) is 0 Å². The number of rotatable bonds is 5. The number of halogens is 1. The lowest BCUT2D eigenvalue weighted by Crippen LogP contribution is -2.28. The molecule has 2 N–H and O–H groups in total. The minimum atomic E-state index is -0.353. The quantitative estimate of drug-likeness (QED) is 0.477. The Morgan fingerprint density at radius 1 is 1.42 bits per heavy atom. The van der Waals surface area contributed by atoms with E-state index in [1.54, 1.807) is 0 Å². The lowest BCUT2D eigenvalue weighted by molar-refractivity contribution is -0.117. The minimum absolute atomic E-state index is 0.0687. The van der Waals surface area contributed by atoms with E-state index in [9.17, 15) is 4.79 Å². The fourth-order valence-electron chi connectivity index (χ4n) is 1.24. The van der Waals surface area contributed by atoms with E-state index < -0.39 is 0 Å². The second-order valence-electron chi connectivity index (χ2n) is 4.42. The molecular weight excluding hydrogens is 353 g/mol. The molecule has 0 saturated carbocycles. The maximum absolute atomic E-state index is 11.7. The van der Waals surface area contributed by atoms with Gasteiger partial charge in [-0.2, -0.15) is 5.26 Å². The van der Waals surface area contributed by atoms with E-state index in [2.05, 4.69) is 33.2 Å². The van der Waals surface area contributed by atoms with E-state index in [0.29, 0.717) is 12.5 Å². The smallest absolute Gasteiger partial charge is 0.263 e. The van der Waals surface area contributed by atoms with Gasteiger partial charge in [0, 0.05) is 22.0 Å². The number of hydrogen-bond donors (Lipinski definition) is 2. The summed E-state index contributed by atoms with van der Waals surface area (Å²) in [6.07, 6.45) is 1.43. The topological polar surface area (TPSA) is 64.9 Å². The number of anilines is 1. The van der Waals surface area contributed by atoms with E-state index in [1.165, 1.54) is 6.20 Å². The minimum Gasteiger partial charge on any atom is -0.360 e. The average molecular weight is 369 g/mol. The molecule has 1 amide bonds. The van der Waals surface area contributed by atoms with Gasteiger partial charge in [0.1, 0.15) is 11.6 Å². The van der Waals surface area contributed by atoms with Crippen LogP contribution in [0.25, 0.3) is 0 Å². The zero-order valence-electron chi connectivity index (χ0n) is 10.9. The van der Waals surface area contributed by atoms with Crippen LogP contribution in [0.15, 0.2) is 36.0 Å². The summed E-state index contributed by atoms with van der Waals surface area (Å²) in [5, 5.41) is 14.6. The molecular formula is C14H16IN3O. The Bertz CT molecular complexity index is 500. The lowest BCUT2D eigenvalue weighted by atomic mass is 10.2. The Kier molecular flexibility index (Phi) is 6.36. The van der Waals surface area contributed by atoms with Gasteiger partial charge in [-0.05, 0) is 52.8 Å². The molecule has 1 rings (SSSR count). The van der Waals surface area contributed by atoms with Gasteiger partial charge in [0.05, 0.1) is 0 Å². The molecule has 5 heteroatoms. The van der Waals surface area contributed by atoms with E-state index in [1.807, 2.05) is 44.2 Å². The maximum atomic E-state index is 11.7. The van der Waals surface area contributed by atoms with E-state index in [4.69, 9.17) is 5.26 Å². The molecule has 1 aromatic rings. The van der Waals surface area contributed by atoms with Crippen molar-refractivity contribution >= 4 is 34.2 Å². The summed E-state index contributed by atoms with van der Waals surface area (Å²) < 4.78 is 1.13. The van der Waals surface area contributed by atoms with Crippen LogP contribution in [0.3, 0.4) is 0 Å². The van der Waals surface area contributed by atoms with Crippen LogP contribution in [0, 0.1) is 20.8 Å². The van der Waals surface area contributed by atoms with Gasteiger partial charge in [0.15, 0.2) is 0 Å². The first-order valence-electron chi connectivity index (χ1n) is 5.93. The number of hydrogen-bond acceptors (Lipinski definition) is 3. The third-order valence-electron chi connectivity index (χ3n) is 2.26. The predicted molar refractivity (Wildman–Crippen MR) is 84.3 cm³/mol. The van der Waals surface area contributed by atoms with Gasteiger partial charge < -0.3 is 10.6 Å². The van der Waals surface area contributed by atoms with Crippen molar-refractivity contribution in [1.82, 2.24) is 5.32 Å². The van der Waals surface area contributed by atoms with Crippen molar-refractivity contribution in [2.24, 2.45) is 5.92 Å². The highest BCUT2D eigenvalue weighted by atomic mass is 127. The molecule has 0 spiro atoms. The Morgan fingerprint density at radius 3 is 2.58 bits per heavy atom. The Hall–Kier alpha value is -1.55. The Labute approximate surface area is 127 Å². The van der Waals surface area contributed by atoms with E-state index >= 15 is 0 Å². The maximum Gasteiger partial charge on any atom is 0.263 e. The van der Waals surface area contributed by atoms with Crippen molar-refractivity contribution < 1.29 is 4.79 Å². The summed E-state index contributed by atoms with van der Waals surface area (Å²) in [7, 11) is 0. The number of carbonyl (C=O) groups is 1. The molecule has 19 heavy (non-hydrogen) atoms. The number of nitriles is 1. The number of nitrogens with zero attached hydrogens (tertiary/aromatic N) is 1. The molecule has 0 aliphatic rings. The lowest BCUT2D eigenvalue weighted by Gasteiger charge is -2.07. The molecule has 100 valence electrons. The zero-order chi connectivity index (χ0) is 14.3. The number of amides is 1. The van der Waals surface area contributed by atoms with Crippen LogP contribution in [-0.2, 0) is 4.79 Å². The highest BCUT2D eigenvalue weighted by Gasteiger charge is 2.08. The molecule has 0 aromatic heterocycles. The molecule has 0 heterocycles. The third kappa shape index (κ3) is 5.75. The first-order chi connectivity index (χ1) is 9.02. The molecule has 0 aliphatic heterocycles. The van der Waals surface area contributed by atoms with Crippen LogP contribution < -0.4 is 10.6 Å². The molecule has 0 bridgehead atoms. The molecule has 0 atom stereocenters. The van der Waals surface area contributed by atoms with Gasteiger partial charge in [-0.3, -0.25) is 4.79 Å². The van der Waals surface area contributed by atoms with E-state index in [-0.39, 0.29) is 11.5 Å². The summed E-state index contributed by atoms with van der Waals surface area (Å²) in [4.78, 5) is 11.7.